The number of hydrogen-bond acceptors (Lipinski definition) is 4. The molecule has 90 valence electrons. The third kappa shape index (κ3) is 2.33. The predicted octanol–water partition coefficient (Wildman–Crippen LogP) is 1.77. The van der Waals surface area contributed by atoms with Crippen molar-refractivity contribution in [2.75, 3.05) is 5.73 Å². The van der Waals surface area contributed by atoms with E-state index in [0.717, 1.165) is 12.2 Å². The molecule has 0 amide bonds. The van der Waals surface area contributed by atoms with Gasteiger partial charge in [0.15, 0.2) is 11.5 Å². The number of phenols is 1. The van der Waals surface area contributed by atoms with Gasteiger partial charge in [-0.25, -0.2) is 0 Å². The Kier molecular flexibility index (Phi) is 3.18. The van der Waals surface area contributed by atoms with E-state index in [9.17, 15) is 5.11 Å². The minimum Gasteiger partial charge on any atom is -0.504 e. The number of para-hydroxylation sites is 2. The van der Waals surface area contributed by atoms with Gasteiger partial charge in [0.05, 0.1) is 17.6 Å². The van der Waals surface area contributed by atoms with Crippen molar-refractivity contribution in [1.29, 1.82) is 0 Å². The highest BCUT2D eigenvalue weighted by Gasteiger charge is 2.09. The lowest BCUT2D eigenvalue weighted by atomic mass is 10.3. The van der Waals surface area contributed by atoms with Crippen LogP contribution in [0.25, 0.3) is 0 Å². The van der Waals surface area contributed by atoms with E-state index >= 15 is 0 Å². The van der Waals surface area contributed by atoms with Crippen molar-refractivity contribution >= 4 is 5.69 Å². The molecule has 0 bridgehead atoms. The third-order valence-corrected chi connectivity index (χ3v) is 2.51. The quantitative estimate of drug-likeness (QED) is 0.844. The molecule has 2 aromatic rings. The van der Waals surface area contributed by atoms with Crippen molar-refractivity contribution in [1.82, 2.24) is 9.78 Å². The number of ether oxygens (including phenoxy) is 1. The van der Waals surface area contributed by atoms with Crippen LogP contribution in [-0.4, -0.2) is 14.9 Å². The molecule has 17 heavy (non-hydrogen) atoms. The van der Waals surface area contributed by atoms with Crippen LogP contribution in [0.15, 0.2) is 30.5 Å². The number of aryl methyl sites for hydroxylation is 1. The van der Waals surface area contributed by atoms with E-state index < -0.39 is 0 Å². The molecule has 0 aliphatic carbocycles. The Hall–Kier alpha value is -2.17. The van der Waals surface area contributed by atoms with Gasteiger partial charge in [-0.3, -0.25) is 4.68 Å². The molecule has 1 aromatic heterocycles. The molecule has 3 N–H and O–H groups in total. The smallest absolute Gasteiger partial charge is 0.161 e. The average molecular weight is 233 g/mol. The zero-order valence-electron chi connectivity index (χ0n) is 9.63. The first kappa shape index (κ1) is 11.3. The van der Waals surface area contributed by atoms with Crippen molar-refractivity contribution < 1.29 is 9.84 Å². The highest BCUT2D eigenvalue weighted by molar-refractivity contribution is 5.42. The monoisotopic (exact) mass is 233 g/mol. The highest BCUT2D eigenvalue weighted by atomic mass is 16.5. The molecule has 0 spiro atoms. The number of nitrogens with two attached hydrogens (primary N) is 1. The summed E-state index contributed by atoms with van der Waals surface area (Å²) < 4.78 is 7.29. The number of hydrogen-bond donors (Lipinski definition) is 2. The Morgan fingerprint density at radius 1 is 1.41 bits per heavy atom. The molecule has 0 aliphatic rings. The zero-order chi connectivity index (χ0) is 12.3. The van der Waals surface area contributed by atoms with E-state index in [1.54, 1.807) is 35.1 Å². The van der Waals surface area contributed by atoms with E-state index in [-0.39, 0.29) is 12.4 Å². The molecule has 2 rings (SSSR count). The third-order valence-electron chi connectivity index (χ3n) is 2.51. The maximum Gasteiger partial charge on any atom is 0.161 e. The average Bonchev–Trinajstić information content (AvgIpc) is 2.69. The molecule has 0 radical (unpaired) electrons. The first-order valence-corrected chi connectivity index (χ1v) is 5.43. The molecule has 0 saturated carbocycles. The van der Waals surface area contributed by atoms with Crippen LogP contribution in [0.3, 0.4) is 0 Å². The number of anilines is 1. The van der Waals surface area contributed by atoms with Gasteiger partial charge in [-0.2, -0.15) is 5.10 Å². The lowest BCUT2D eigenvalue weighted by molar-refractivity contribution is 0.278. The van der Waals surface area contributed by atoms with Crippen LogP contribution in [0, 0.1) is 0 Å². The fourth-order valence-electron chi connectivity index (χ4n) is 1.58. The minimum atomic E-state index is 0.119. The van der Waals surface area contributed by atoms with Gasteiger partial charge in [-0.1, -0.05) is 12.1 Å². The second-order valence-corrected chi connectivity index (χ2v) is 3.62. The number of aromatic hydroxyl groups is 1. The Morgan fingerprint density at radius 2 is 2.18 bits per heavy atom. The number of rotatable bonds is 4. The first-order chi connectivity index (χ1) is 8.22. The van der Waals surface area contributed by atoms with Gasteiger partial charge in [0, 0.05) is 6.54 Å². The summed E-state index contributed by atoms with van der Waals surface area (Å²) in [6, 6.07) is 6.83. The molecule has 0 fully saturated rings. The summed E-state index contributed by atoms with van der Waals surface area (Å²) in [5, 5.41) is 13.7. The van der Waals surface area contributed by atoms with Crippen LogP contribution in [-0.2, 0) is 13.2 Å². The fourth-order valence-corrected chi connectivity index (χ4v) is 1.58. The molecular formula is C12H15N3O2. The molecule has 0 aliphatic heterocycles. The van der Waals surface area contributed by atoms with Gasteiger partial charge in [-0.15, -0.1) is 0 Å². The van der Waals surface area contributed by atoms with Gasteiger partial charge in [0.1, 0.15) is 6.61 Å². The van der Waals surface area contributed by atoms with Crippen molar-refractivity contribution in [2.45, 2.75) is 20.1 Å². The summed E-state index contributed by atoms with van der Waals surface area (Å²) in [4.78, 5) is 0. The lowest BCUT2D eigenvalue weighted by Crippen LogP contribution is -2.07. The molecular weight excluding hydrogens is 218 g/mol. The lowest BCUT2D eigenvalue weighted by Gasteiger charge is -2.09. The predicted molar refractivity (Wildman–Crippen MR) is 64.8 cm³/mol. The van der Waals surface area contributed by atoms with Gasteiger partial charge in [0.2, 0.25) is 0 Å². The van der Waals surface area contributed by atoms with Crippen LogP contribution < -0.4 is 10.5 Å². The van der Waals surface area contributed by atoms with E-state index in [1.165, 1.54) is 0 Å². The molecule has 0 unspecified atom stereocenters. The van der Waals surface area contributed by atoms with Crippen LogP contribution >= 0.6 is 0 Å². The Morgan fingerprint density at radius 3 is 2.88 bits per heavy atom. The summed E-state index contributed by atoms with van der Waals surface area (Å²) in [7, 11) is 0. The van der Waals surface area contributed by atoms with E-state index in [0.29, 0.717) is 11.4 Å². The molecule has 0 saturated heterocycles. The number of benzene rings is 1. The van der Waals surface area contributed by atoms with Gasteiger partial charge >= 0.3 is 0 Å². The topological polar surface area (TPSA) is 73.3 Å². The van der Waals surface area contributed by atoms with Gasteiger partial charge < -0.3 is 15.6 Å². The summed E-state index contributed by atoms with van der Waals surface area (Å²) >= 11 is 0. The van der Waals surface area contributed by atoms with Crippen LogP contribution in [0.2, 0.25) is 0 Å². The second-order valence-electron chi connectivity index (χ2n) is 3.62. The van der Waals surface area contributed by atoms with Crippen molar-refractivity contribution in [3.63, 3.8) is 0 Å². The van der Waals surface area contributed by atoms with Crippen LogP contribution in [0.5, 0.6) is 11.5 Å². The highest BCUT2D eigenvalue weighted by Crippen LogP contribution is 2.25. The van der Waals surface area contributed by atoms with E-state index in [4.69, 9.17) is 10.5 Å². The molecule has 5 nitrogen and oxygen atoms in total. The SMILES string of the molecule is CCn1ncc(N)c1COc1ccccc1O. The maximum absolute atomic E-state index is 9.56. The van der Waals surface area contributed by atoms with Gasteiger partial charge in [0.25, 0.3) is 0 Å². The first-order valence-electron chi connectivity index (χ1n) is 5.43. The maximum atomic E-state index is 9.56. The molecule has 1 aromatic carbocycles. The number of nitrogens with zero attached hydrogens (tertiary/aromatic N) is 2. The summed E-state index contributed by atoms with van der Waals surface area (Å²) in [5.74, 6) is 0.560. The zero-order valence-corrected chi connectivity index (χ0v) is 9.63. The van der Waals surface area contributed by atoms with E-state index in [1.807, 2.05) is 6.92 Å². The second kappa shape index (κ2) is 4.78. The molecule has 5 heteroatoms. The number of nitrogen functional groups attached to an aromatic ring is 1. The van der Waals surface area contributed by atoms with Crippen molar-refractivity contribution in [2.24, 2.45) is 0 Å². The number of aromatic nitrogens is 2. The summed E-state index contributed by atoms with van der Waals surface area (Å²) in [6.07, 6.45) is 1.60. The van der Waals surface area contributed by atoms with Gasteiger partial charge in [-0.05, 0) is 19.1 Å². The Balaban J connectivity index is 2.12. The summed E-state index contributed by atoms with van der Waals surface area (Å²) in [6.45, 7) is 3.00. The van der Waals surface area contributed by atoms with Crippen LogP contribution in [0.4, 0.5) is 5.69 Å². The Labute approximate surface area is 99.4 Å². The number of phenolic OH excluding ortho intramolecular Hbond substituents is 1. The fraction of sp³-hybridized carbons (Fsp3) is 0.250. The Bertz CT molecular complexity index is 508. The largest absolute Gasteiger partial charge is 0.504 e. The summed E-state index contributed by atoms with van der Waals surface area (Å²) in [5.41, 5.74) is 7.21. The molecule has 1 heterocycles. The van der Waals surface area contributed by atoms with E-state index in [2.05, 4.69) is 5.10 Å². The standard InChI is InChI=1S/C12H15N3O2/c1-2-15-10(9(13)7-14-15)8-17-12-6-4-3-5-11(12)16/h3-7,16H,2,8,13H2,1H3. The van der Waals surface area contributed by atoms with Crippen molar-refractivity contribution in [3.05, 3.63) is 36.2 Å². The minimum absolute atomic E-state index is 0.119. The van der Waals surface area contributed by atoms with Crippen molar-refractivity contribution in [3.8, 4) is 11.5 Å². The normalized spacial score (nSPS) is 10.4. The molecule has 0 atom stereocenters. The van der Waals surface area contributed by atoms with Crippen LogP contribution in [0.1, 0.15) is 12.6 Å².